The number of fused-ring (bicyclic) bond motifs is 1. The van der Waals surface area contributed by atoms with Crippen LogP contribution < -0.4 is 21.5 Å². The Hall–Kier alpha value is -3.85. The van der Waals surface area contributed by atoms with Crippen molar-refractivity contribution in [2.45, 2.75) is 25.5 Å². The smallest absolute Gasteiger partial charge is 0.303 e. The zero-order valence-corrected chi connectivity index (χ0v) is 16.1. The molecular formula is C21H22N4O5. The summed E-state index contributed by atoms with van der Waals surface area (Å²) in [6.07, 6.45) is -0.113. The van der Waals surface area contributed by atoms with Crippen molar-refractivity contribution in [3.05, 3.63) is 59.8 Å². The summed E-state index contributed by atoms with van der Waals surface area (Å²) in [5, 5.41) is 12.2. The lowest BCUT2D eigenvalue weighted by molar-refractivity contribution is -0.137. The van der Waals surface area contributed by atoms with E-state index in [0.717, 1.165) is 16.5 Å². The summed E-state index contributed by atoms with van der Waals surface area (Å²) >= 11 is 0. The normalized spacial score (nSPS) is 11.8. The molecule has 1 heterocycles. The van der Waals surface area contributed by atoms with Gasteiger partial charge < -0.3 is 31.6 Å². The molecule has 1 aromatic heterocycles. The van der Waals surface area contributed by atoms with Gasteiger partial charge >= 0.3 is 5.97 Å². The number of nitrogens with two attached hydrogens (primary N) is 2. The molecule has 0 aliphatic carbocycles. The van der Waals surface area contributed by atoms with E-state index in [-0.39, 0.29) is 19.4 Å². The number of aromatic amines is 1. The van der Waals surface area contributed by atoms with E-state index in [1.165, 1.54) is 0 Å². The standard InChI is InChI=1S/C21H22N4O5/c22-16(5-7-19(26)27)21(29)24-14-3-1-2-12(8-14)11-30-15-4-6-17-13(9-15)10-18(25-17)20(23)28/h1-4,6,8-10,16,25H,5,7,11,22H2,(H2,23,28)(H,24,29)(H,26,27)/t16-/m0/s1. The van der Waals surface area contributed by atoms with Gasteiger partial charge in [0.2, 0.25) is 5.91 Å². The SMILES string of the molecule is NC(=O)c1cc2cc(OCc3cccc(NC(=O)[C@@H](N)CCC(=O)O)c3)ccc2[nH]1. The van der Waals surface area contributed by atoms with E-state index in [0.29, 0.717) is 17.1 Å². The molecule has 9 nitrogen and oxygen atoms in total. The second kappa shape index (κ2) is 9.10. The first-order chi connectivity index (χ1) is 14.3. The van der Waals surface area contributed by atoms with Crippen molar-refractivity contribution >= 4 is 34.4 Å². The van der Waals surface area contributed by atoms with Crippen LogP contribution in [0.5, 0.6) is 5.75 Å². The second-order valence-electron chi connectivity index (χ2n) is 6.81. The van der Waals surface area contributed by atoms with E-state index >= 15 is 0 Å². The van der Waals surface area contributed by atoms with E-state index in [4.69, 9.17) is 21.3 Å². The number of carbonyl (C=O) groups excluding carboxylic acids is 2. The Morgan fingerprint density at radius 2 is 1.93 bits per heavy atom. The number of carboxylic acid groups (broad SMARTS) is 1. The summed E-state index contributed by atoms with van der Waals surface area (Å²) in [5.41, 5.74) is 13.5. The molecule has 0 saturated carbocycles. The second-order valence-corrected chi connectivity index (χ2v) is 6.81. The lowest BCUT2D eigenvalue weighted by Crippen LogP contribution is -2.36. The summed E-state index contributed by atoms with van der Waals surface area (Å²) in [4.78, 5) is 36.9. The third-order valence-corrected chi connectivity index (χ3v) is 4.46. The topological polar surface area (TPSA) is 161 Å². The molecule has 0 spiro atoms. The Bertz CT molecular complexity index is 1090. The van der Waals surface area contributed by atoms with Gasteiger partial charge in [0.1, 0.15) is 18.1 Å². The number of hydrogen-bond donors (Lipinski definition) is 5. The van der Waals surface area contributed by atoms with E-state index in [1.807, 2.05) is 6.07 Å². The maximum Gasteiger partial charge on any atom is 0.303 e. The van der Waals surface area contributed by atoms with Crippen molar-refractivity contribution in [3.63, 3.8) is 0 Å². The molecule has 0 aliphatic heterocycles. The first kappa shape index (κ1) is 20.9. The van der Waals surface area contributed by atoms with Crippen molar-refractivity contribution < 1.29 is 24.2 Å². The fourth-order valence-electron chi connectivity index (χ4n) is 2.88. The Morgan fingerprint density at radius 3 is 2.67 bits per heavy atom. The number of carbonyl (C=O) groups is 3. The van der Waals surface area contributed by atoms with Crippen LogP contribution in [-0.2, 0) is 16.2 Å². The number of rotatable bonds is 9. The third-order valence-electron chi connectivity index (χ3n) is 4.46. The predicted molar refractivity (Wildman–Crippen MR) is 111 cm³/mol. The molecule has 3 rings (SSSR count). The van der Waals surface area contributed by atoms with E-state index < -0.39 is 23.8 Å². The highest BCUT2D eigenvalue weighted by Crippen LogP contribution is 2.23. The van der Waals surface area contributed by atoms with Gasteiger partial charge in [-0.25, -0.2) is 0 Å². The lowest BCUT2D eigenvalue weighted by atomic mass is 10.1. The molecule has 0 saturated heterocycles. The van der Waals surface area contributed by atoms with E-state index in [1.54, 1.807) is 42.5 Å². The van der Waals surface area contributed by atoms with Gasteiger partial charge in [-0.3, -0.25) is 14.4 Å². The van der Waals surface area contributed by atoms with Gasteiger partial charge in [0.05, 0.1) is 6.04 Å². The first-order valence-corrected chi connectivity index (χ1v) is 9.24. The molecule has 2 aromatic carbocycles. The number of anilines is 1. The van der Waals surface area contributed by atoms with Crippen molar-refractivity contribution in [1.29, 1.82) is 0 Å². The Balaban J connectivity index is 1.61. The number of H-pyrrole nitrogens is 1. The zero-order valence-electron chi connectivity index (χ0n) is 16.1. The molecule has 3 aromatic rings. The van der Waals surface area contributed by atoms with Gasteiger partial charge in [0, 0.05) is 23.0 Å². The molecule has 2 amide bonds. The number of ether oxygens (including phenoxy) is 1. The highest BCUT2D eigenvalue weighted by atomic mass is 16.5. The van der Waals surface area contributed by atoms with Gasteiger partial charge in [0.15, 0.2) is 0 Å². The van der Waals surface area contributed by atoms with Crippen LogP contribution in [-0.4, -0.2) is 33.9 Å². The molecule has 0 aliphatic rings. The number of carboxylic acids is 1. The number of benzene rings is 2. The van der Waals surface area contributed by atoms with Crippen molar-refractivity contribution in [2.75, 3.05) is 5.32 Å². The maximum atomic E-state index is 12.1. The summed E-state index contributed by atoms with van der Waals surface area (Å²) in [6.45, 7) is 0.257. The first-order valence-electron chi connectivity index (χ1n) is 9.24. The fourth-order valence-corrected chi connectivity index (χ4v) is 2.88. The Labute approximate surface area is 172 Å². The highest BCUT2D eigenvalue weighted by Gasteiger charge is 2.15. The number of hydrogen-bond acceptors (Lipinski definition) is 5. The van der Waals surface area contributed by atoms with Gasteiger partial charge in [-0.2, -0.15) is 0 Å². The van der Waals surface area contributed by atoms with Crippen LogP contribution in [0, 0.1) is 0 Å². The van der Waals surface area contributed by atoms with Gasteiger partial charge in [-0.15, -0.1) is 0 Å². The largest absolute Gasteiger partial charge is 0.489 e. The monoisotopic (exact) mass is 410 g/mol. The summed E-state index contributed by atoms with van der Waals surface area (Å²) in [6, 6.07) is 13.2. The van der Waals surface area contributed by atoms with Crippen molar-refractivity contribution in [2.24, 2.45) is 11.5 Å². The number of primary amides is 1. The van der Waals surface area contributed by atoms with Crippen LogP contribution in [0.4, 0.5) is 5.69 Å². The number of amides is 2. The molecule has 9 heteroatoms. The van der Waals surface area contributed by atoms with Crippen LogP contribution in [0.3, 0.4) is 0 Å². The minimum absolute atomic E-state index is 0.0586. The molecule has 0 fully saturated rings. The number of aliphatic carboxylic acids is 1. The average molecular weight is 410 g/mol. The van der Waals surface area contributed by atoms with Crippen LogP contribution in [0.2, 0.25) is 0 Å². The average Bonchev–Trinajstić information content (AvgIpc) is 3.14. The molecule has 0 bridgehead atoms. The van der Waals surface area contributed by atoms with E-state index in [2.05, 4.69) is 10.3 Å². The predicted octanol–water partition coefficient (Wildman–Crippen LogP) is 1.98. The fraction of sp³-hybridized carbons (Fsp3) is 0.190. The minimum Gasteiger partial charge on any atom is -0.489 e. The Morgan fingerprint density at radius 1 is 1.13 bits per heavy atom. The van der Waals surface area contributed by atoms with Crippen LogP contribution >= 0.6 is 0 Å². The quantitative estimate of drug-likeness (QED) is 0.362. The molecule has 0 unspecified atom stereocenters. The lowest BCUT2D eigenvalue weighted by Gasteiger charge is -2.12. The summed E-state index contributed by atoms with van der Waals surface area (Å²) in [5.74, 6) is -1.36. The molecule has 0 radical (unpaired) electrons. The van der Waals surface area contributed by atoms with Crippen LogP contribution in [0.25, 0.3) is 10.9 Å². The Kier molecular flexibility index (Phi) is 6.33. The zero-order chi connectivity index (χ0) is 21.7. The molecule has 7 N–H and O–H groups in total. The molecule has 30 heavy (non-hydrogen) atoms. The molecule has 1 atom stereocenters. The van der Waals surface area contributed by atoms with Crippen molar-refractivity contribution in [3.8, 4) is 5.75 Å². The number of nitrogens with one attached hydrogen (secondary N) is 2. The van der Waals surface area contributed by atoms with Crippen molar-refractivity contribution in [1.82, 2.24) is 4.98 Å². The van der Waals surface area contributed by atoms with Gasteiger partial charge in [-0.1, -0.05) is 12.1 Å². The van der Waals surface area contributed by atoms with Gasteiger partial charge in [0.25, 0.3) is 5.91 Å². The third kappa shape index (κ3) is 5.36. The highest BCUT2D eigenvalue weighted by molar-refractivity contribution is 5.97. The van der Waals surface area contributed by atoms with Crippen LogP contribution in [0.15, 0.2) is 48.5 Å². The summed E-state index contributed by atoms with van der Waals surface area (Å²) < 4.78 is 5.81. The summed E-state index contributed by atoms with van der Waals surface area (Å²) in [7, 11) is 0. The number of aromatic nitrogens is 1. The molecular weight excluding hydrogens is 388 g/mol. The maximum absolute atomic E-state index is 12.1. The van der Waals surface area contributed by atoms with Gasteiger partial charge in [-0.05, 0) is 48.4 Å². The van der Waals surface area contributed by atoms with Crippen LogP contribution in [0.1, 0.15) is 28.9 Å². The minimum atomic E-state index is -0.999. The molecule has 156 valence electrons. The van der Waals surface area contributed by atoms with E-state index in [9.17, 15) is 14.4 Å².